The fraction of sp³-hybridized carbons (Fsp3) is 0.588. The number of carbonyl (C=O) groups is 1. The van der Waals surface area contributed by atoms with Crippen molar-refractivity contribution in [2.45, 2.75) is 66.2 Å². The first-order valence-corrected chi connectivity index (χ1v) is 7.66. The molecule has 0 fully saturated rings. The van der Waals surface area contributed by atoms with Crippen LogP contribution in [0.2, 0.25) is 0 Å². The van der Waals surface area contributed by atoms with E-state index < -0.39 is 11.7 Å². The van der Waals surface area contributed by atoms with Gasteiger partial charge in [0.05, 0.1) is 0 Å². The molecular weight excluding hydrogens is 308 g/mol. The van der Waals surface area contributed by atoms with Gasteiger partial charge >= 0.3 is 37.7 Å². The van der Waals surface area contributed by atoms with Crippen molar-refractivity contribution in [1.29, 1.82) is 0 Å². The van der Waals surface area contributed by atoms with Gasteiger partial charge in [0.15, 0.2) is 0 Å². The van der Waals surface area contributed by atoms with E-state index in [0.717, 1.165) is 0 Å². The van der Waals surface area contributed by atoms with Crippen LogP contribution in [0.1, 0.15) is 59.0 Å². The summed E-state index contributed by atoms with van der Waals surface area (Å²) < 4.78 is 5.09. The third-order valence-corrected chi connectivity index (χ3v) is 2.85. The van der Waals surface area contributed by atoms with Gasteiger partial charge in [-0.15, -0.1) is 6.07 Å². The summed E-state index contributed by atoms with van der Waals surface area (Å²) in [6.45, 7) is 13.1. The molecule has 0 radical (unpaired) electrons. The molecule has 0 aliphatic carbocycles. The minimum absolute atomic E-state index is 0. The molecule has 128 valence electrons. The van der Waals surface area contributed by atoms with Gasteiger partial charge in [-0.3, -0.25) is 9.79 Å². The molecule has 0 atom stereocenters. The fourth-order valence-corrected chi connectivity index (χ4v) is 2.11. The van der Waals surface area contributed by atoms with Gasteiger partial charge in [-0.25, -0.2) is 0 Å². The Morgan fingerprint density at radius 2 is 1.76 bits per heavy atom. The zero-order chi connectivity index (χ0) is 17.8. The van der Waals surface area contributed by atoms with Crippen molar-refractivity contribution in [1.82, 2.24) is 9.88 Å². The van der Waals surface area contributed by atoms with E-state index in [0.29, 0.717) is 0 Å². The van der Waals surface area contributed by atoms with Crippen molar-refractivity contribution >= 4 is 17.7 Å². The third kappa shape index (κ3) is 8.83. The van der Waals surface area contributed by atoms with Crippen LogP contribution in [0, 0.1) is 6.07 Å². The Bertz CT molecular complexity index is 559. The molecule has 1 rings (SSSR count). The Hall–Kier alpha value is -0.915. The molecule has 0 aliphatic heterocycles. The predicted molar refractivity (Wildman–Crippen MR) is 87.4 cm³/mol. The van der Waals surface area contributed by atoms with Crippen LogP contribution in [0.15, 0.2) is 17.3 Å². The van der Waals surface area contributed by atoms with Crippen LogP contribution < -0.4 is 42.8 Å². The first-order valence-electron chi connectivity index (χ1n) is 7.66. The smallest absolute Gasteiger partial charge is 0.594 e. The van der Waals surface area contributed by atoms with E-state index in [1.807, 2.05) is 27.7 Å². The summed E-state index contributed by atoms with van der Waals surface area (Å²) >= 11 is 0. The molecule has 0 aliphatic rings. The van der Waals surface area contributed by atoms with Crippen molar-refractivity contribution in [2.24, 2.45) is 4.99 Å². The average Bonchev–Trinajstić information content (AvgIpc) is 2.36. The summed E-state index contributed by atoms with van der Waals surface area (Å²) in [6, 6.07) is 4.37. The van der Waals surface area contributed by atoms with Crippen LogP contribution in [0.25, 0.3) is 0 Å². The number of hydrogen-bond acceptors (Lipinski definition) is 5. The van der Waals surface area contributed by atoms with Crippen molar-refractivity contribution in [2.75, 3.05) is 0 Å². The number of ether oxygens (including phenoxy) is 1. The number of carbonyl (C=O) groups excluding carboxylic acids is 1. The predicted octanol–water partition coefficient (Wildman–Crippen LogP) is -3.69. The first kappa shape index (κ1) is 26.3. The molecule has 1 heterocycles. The van der Waals surface area contributed by atoms with E-state index in [1.165, 1.54) is 12.3 Å². The molecule has 0 N–H and O–H groups in total. The molecule has 6 nitrogen and oxygen atoms in total. The molecule has 0 unspecified atom stereocenters. The Morgan fingerprint density at radius 1 is 1.24 bits per heavy atom. The van der Waals surface area contributed by atoms with E-state index in [2.05, 4.69) is 16.0 Å². The second-order valence-corrected chi connectivity index (χ2v) is 6.81. The molecule has 1 aromatic heterocycles. The van der Waals surface area contributed by atoms with E-state index in [9.17, 15) is 9.90 Å². The van der Waals surface area contributed by atoms with Gasteiger partial charge in [0.25, 0.3) is 0 Å². The molecular formula is C17H25Li2N3O3. The van der Waals surface area contributed by atoms with Crippen molar-refractivity contribution in [3.8, 4) is 0 Å². The van der Waals surface area contributed by atoms with Gasteiger partial charge in [0.2, 0.25) is 5.91 Å². The van der Waals surface area contributed by atoms with Crippen molar-refractivity contribution in [3.63, 3.8) is 0 Å². The third-order valence-electron chi connectivity index (χ3n) is 2.85. The number of nitrogens with zero attached hydrogens (tertiary/aromatic N) is 3. The average molecular weight is 333 g/mol. The number of aliphatic imine (C=N–C) groups is 1. The molecule has 25 heavy (non-hydrogen) atoms. The number of rotatable bonds is 4. The molecule has 0 saturated heterocycles. The molecule has 1 amide bonds. The van der Waals surface area contributed by atoms with Gasteiger partial charge in [0.1, 0.15) is 6.08 Å². The molecule has 0 bridgehead atoms. The topological polar surface area (TPSA) is 77.9 Å². The summed E-state index contributed by atoms with van der Waals surface area (Å²) in [5, 5.41) is 11.6. The number of aromatic nitrogens is 1. The maximum Gasteiger partial charge on any atom is 1.00 e. The van der Waals surface area contributed by atoms with Gasteiger partial charge in [0, 0.05) is 23.4 Å². The normalized spacial score (nSPS) is 11.6. The van der Waals surface area contributed by atoms with Gasteiger partial charge in [-0.1, -0.05) is 27.0 Å². The van der Waals surface area contributed by atoms with E-state index in [1.54, 1.807) is 25.7 Å². The standard InChI is InChI=1S/C17H26N3O3.2Li/c1-11(2)20(12(3)4)15(21)14-9-8-13(10-18-14)19-16(22)23-17(5,6)7;;/h9-12H,1-7H3,(H,19,22);;/q-1;2*+1/p-1. The molecule has 1 aromatic rings. The Kier molecular flexibility index (Phi) is 11.5. The van der Waals surface area contributed by atoms with Gasteiger partial charge in [-0.05, 0) is 33.4 Å². The minimum atomic E-state index is -0.708. The fourth-order valence-electron chi connectivity index (χ4n) is 2.11. The second kappa shape index (κ2) is 10.9. The van der Waals surface area contributed by atoms with Gasteiger partial charge in [-0.2, -0.15) is 6.07 Å². The number of pyridine rings is 1. The Morgan fingerprint density at radius 3 is 2.12 bits per heavy atom. The number of amides is 1. The molecule has 0 saturated carbocycles. The maximum atomic E-state index is 12.5. The van der Waals surface area contributed by atoms with Crippen LogP contribution in [0.5, 0.6) is 0 Å². The summed E-state index contributed by atoms with van der Waals surface area (Å²) in [4.78, 5) is 22.1. The maximum absolute atomic E-state index is 12.5. The van der Waals surface area contributed by atoms with E-state index >= 15 is 0 Å². The Labute approximate surface area is 174 Å². The first-order chi connectivity index (χ1) is 10.5. The SMILES string of the molecule is CC(C)N(C(=O)c1c[c-]c(N=C([O-])OC(C)(C)C)cn1)C(C)C.[Li+].[Li+]. The van der Waals surface area contributed by atoms with Gasteiger partial charge < -0.3 is 19.7 Å². The minimum Gasteiger partial charge on any atom is -0.594 e. The van der Waals surface area contributed by atoms with Crippen molar-refractivity contribution in [3.05, 3.63) is 24.0 Å². The monoisotopic (exact) mass is 333 g/mol. The number of hydrogen-bond donors (Lipinski definition) is 0. The summed E-state index contributed by atoms with van der Waals surface area (Å²) in [5.74, 6) is -0.171. The summed E-state index contributed by atoms with van der Waals surface area (Å²) in [5.41, 5.74) is -0.106. The van der Waals surface area contributed by atoms with Crippen molar-refractivity contribution < 1.29 is 52.4 Å². The molecule has 0 spiro atoms. The Balaban J connectivity index is 0. The van der Waals surface area contributed by atoms with E-state index in [4.69, 9.17) is 4.74 Å². The summed E-state index contributed by atoms with van der Waals surface area (Å²) in [7, 11) is 0. The zero-order valence-electron chi connectivity index (χ0n) is 16.9. The van der Waals surface area contributed by atoms with Crippen LogP contribution in [-0.2, 0) is 4.74 Å². The second-order valence-electron chi connectivity index (χ2n) is 6.81. The van der Waals surface area contributed by atoms with Crippen LogP contribution in [-0.4, -0.2) is 39.6 Å². The quantitative estimate of drug-likeness (QED) is 0.246. The van der Waals surface area contributed by atoms with Crippen LogP contribution >= 0.6 is 0 Å². The molecule has 8 heteroatoms. The van der Waals surface area contributed by atoms with Crippen LogP contribution in [0.4, 0.5) is 5.69 Å². The summed E-state index contributed by atoms with van der Waals surface area (Å²) in [6.07, 6.45) is 0.635. The zero-order valence-corrected chi connectivity index (χ0v) is 16.9. The van der Waals surface area contributed by atoms with E-state index in [-0.39, 0.29) is 67.1 Å². The van der Waals surface area contributed by atoms with Crippen LogP contribution in [0.3, 0.4) is 0 Å². The largest absolute Gasteiger partial charge is 1.00 e. The molecule has 0 aromatic carbocycles.